The molecule has 3 heterocycles. The minimum absolute atomic E-state index is 0.0580. The molecule has 0 aliphatic carbocycles. The van der Waals surface area contributed by atoms with Crippen LogP contribution in [0.2, 0.25) is 0 Å². The van der Waals surface area contributed by atoms with Gasteiger partial charge in [0.05, 0.1) is 34.1 Å². The second kappa shape index (κ2) is 4.93. The molecule has 140 valence electrons. The van der Waals surface area contributed by atoms with Crippen LogP contribution in [0, 0.1) is 17.2 Å². The maximum absolute atomic E-state index is 13.2. The number of hydrogen-bond donors (Lipinski definition) is 0. The van der Waals surface area contributed by atoms with Gasteiger partial charge in [0.15, 0.2) is 0 Å². The Labute approximate surface area is 149 Å². The molecule has 0 radical (unpaired) electrons. The van der Waals surface area contributed by atoms with Crippen molar-refractivity contribution in [2.24, 2.45) is 5.92 Å². The van der Waals surface area contributed by atoms with Crippen LogP contribution in [0.3, 0.4) is 0 Å². The number of rotatable bonds is 1. The van der Waals surface area contributed by atoms with Crippen molar-refractivity contribution in [3.8, 4) is 6.07 Å². The third-order valence-corrected chi connectivity index (χ3v) is 8.49. The van der Waals surface area contributed by atoms with Crippen LogP contribution in [0.25, 0.3) is 0 Å². The van der Waals surface area contributed by atoms with Crippen LogP contribution >= 0.6 is 0 Å². The minimum Gasteiger partial charge on any atom is -0.367 e. The highest BCUT2D eigenvalue weighted by atomic mass is 32.2. The number of fused-ring (bicyclic) bond motifs is 5. The van der Waals surface area contributed by atoms with Gasteiger partial charge in [0, 0.05) is 12.5 Å². The van der Waals surface area contributed by atoms with Gasteiger partial charge in [0.2, 0.25) is 10.0 Å². The highest BCUT2D eigenvalue weighted by Crippen LogP contribution is 2.60. The minimum atomic E-state index is -4.74. The summed E-state index contributed by atoms with van der Waals surface area (Å²) in [7, 11) is -3.87. The first-order chi connectivity index (χ1) is 11.9. The molecule has 0 N–H and O–H groups in total. The monoisotopic (exact) mass is 386 g/mol. The van der Waals surface area contributed by atoms with E-state index in [1.54, 1.807) is 6.92 Å². The smallest absolute Gasteiger partial charge is 0.367 e. The fourth-order valence-electron chi connectivity index (χ4n) is 4.84. The van der Waals surface area contributed by atoms with Gasteiger partial charge in [-0.05, 0) is 44.9 Å². The molecule has 5 nitrogen and oxygen atoms in total. The highest BCUT2D eigenvalue weighted by molar-refractivity contribution is 7.93. The van der Waals surface area contributed by atoms with Gasteiger partial charge in [-0.3, -0.25) is 4.31 Å². The van der Waals surface area contributed by atoms with Gasteiger partial charge in [-0.25, -0.2) is 8.42 Å². The molecule has 2 bridgehead atoms. The lowest BCUT2D eigenvalue weighted by molar-refractivity contribution is -0.137. The lowest BCUT2D eigenvalue weighted by Crippen LogP contribution is -2.44. The fraction of sp³-hybridized carbons (Fsp3) is 0.588. The normalized spacial score (nSPS) is 37.6. The first kappa shape index (κ1) is 17.6. The van der Waals surface area contributed by atoms with Crippen LogP contribution in [0.15, 0.2) is 18.2 Å². The Morgan fingerprint density at radius 3 is 2.50 bits per heavy atom. The van der Waals surface area contributed by atoms with E-state index in [2.05, 4.69) is 0 Å². The van der Waals surface area contributed by atoms with Crippen molar-refractivity contribution in [1.82, 2.24) is 0 Å². The number of nitrogens with zero attached hydrogens (tertiary/aromatic N) is 2. The summed E-state index contributed by atoms with van der Waals surface area (Å²) in [6.45, 7) is 3.73. The van der Waals surface area contributed by atoms with Crippen LogP contribution in [0.4, 0.5) is 18.9 Å². The molecule has 4 rings (SSSR count). The van der Waals surface area contributed by atoms with Crippen molar-refractivity contribution in [2.75, 3.05) is 10.8 Å². The fourth-order valence-corrected chi connectivity index (χ4v) is 7.48. The van der Waals surface area contributed by atoms with Crippen molar-refractivity contribution in [1.29, 1.82) is 5.26 Å². The quantitative estimate of drug-likeness (QED) is 0.744. The summed E-state index contributed by atoms with van der Waals surface area (Å²) in [6.07, 6.45) is -3.39. The van der Waals surface area contributed by atoms with Gasteiger partial charge in [0.1, 0.15) is 5.25 Å². The Bertz CT molecular complexity index is 940. The van der Waals surface area contributed by atoms with Gasteiger partial charge in [0.25, 0.3) is 0 Å². The number of nitriles is 1. The Hall–Kier alpha value is -1.79. The standard InChI is InChI=1S/C17H17F3N2O3S/c1-15-5-6-16(2,25-15)14-13(15)9-22(26(14,23)24)11-4-3-10(8-21)12(7-11)17(18,19)20/h3-4,7,13-14H,5-6,9H2,1-2H3/t13-,14+,15-,16+/m0/s1. The molecule has 0 saturated carbocycles. The van der Waals surface area contributed by atoms with Crippen molar-refractivity contribution >= 4 is 15.7 Å². The molecule has 3 saturated heterocycles. The number of halogens is 3. The molecule has 0 unspecified atom stereocenters. The summed E-state index contributed by atoms with van der Waals surface area (Å²) in [6, 6.07) is 4.55. The van der Waals surface area contributed by atoms with E-state index in [4.69, 9.17) is 10.00 Å². The van der Waals surface area contributed by atoms with Gasteiger partial charge < -0.3 is 4.74 Å². The highest BCUT2D eigenvalue weighted by Gasteiger charge is 2.71. The van der Waals surface area contributed by atoms with E-state index in [1.165, 1.54) is 12.1 Å². The molecule has 3 aliphatic heterocycles. The van der Waals surface area contributed by atoms with E-state index in [0.717, 1.165) is 22.9 Å². The topological polar surface area (TPSA) is 70.4 Å². The van der Waals surface area contributed by atoms with Crippen molar-refractivity contribution in [2.45, 2.75) is 49.3 Å². The number of alkyl halides is 3. The number of benzene rings is 1. The van der Waals surface area contributed by atoms with Crippen molar-refractivity contribution in [3.05, 3.63) is 29.3 Å². The molecule has 1 aromatic rings. The third-order valence-electron chi connectivity index (χ3n) is 6.04. The van der Waals surface area contributed by atoms with E-state index in [9.17, 15) is 21.6 Å². The summed E-state index contributed by atoms with van der Waals surface area (Å²) in [4.78, 5) is 0. The maximum atomic E-state index is 13.2. The second-order valence-electron chi connectivity index (χ2n) is 7.67. The largest absolute Gasteiger partial charge is 0.417 e. The van der Waals surface area contributed by atoms with Crippen molar-refractivity contribution < 1.29 is 26.3 Å². The van der Waals surface area contributed by atoms with Crippen LogP contribution < -0.4 is 4.31 Å². The van der Waals surface area contributed by atoms with Crippen LogP contribution in [0.5, 0.6) is 0 Å². The molecule has 0 spiro atoms. The Morgan fingerprint density at radius 1 is 1.27 bits per heavy atom. The van der Waals surface area contributed by atoms with E-state index >= 15 is 0 Å². The average Bonchev–Trinajstić information content (AvgIpc) is 3.09. The zero-order valence-corrected chi connectivity index (χ0v) is 15.0. The first-order valence-electron chi connectivity index (χ1n) is 8.25. The maximum Gasteiger partial charge on any atom is 0.417 e. The van der Waals surface area contributed by atoms with E-state index in [-0.39, 0.29) is 18.2 Å². The number of ether oxygens (including phenoxy) is 1. The summed E-state index contributed by atoms with van der Waals surface area (Å²) in [5, 5.41) is 8.15. The molecular formula is C17H17F3N2O3S. The molecule has 3 aliphatic rings. The molecule has 1 aromatic carbocycles. The Kier molecular flexibility index (Phi) is 3.34. The van der Waals surface area contributed by atoms with Gasteiger partial charge in [-0.15, -0.1) is 0 Å². The second-order valence-corrected chi connectivity index (χ2v) is 9.65. The van der Waals surface area contributed by atoms with E-state index < -0.39 is 43.8 Å². The predicted molar refractivity (Wildman–Crippen MR) is 86.8 cm³/mol. The molecule has 26 heavy (non-hydrogen) atoms. The van der Waals surface area contributed by atoms with Crippen molar-refractivity contribution in [3.63, 3.8) is 0 Å². The van der Waals surface area contributed by atoms with Gasteiger partial charge in [-0.2, -0.15) is 18.4 Å². The average molecular weight is 386 g/mol. The van der Waals surface area contributed by atoms with Crippen LogP contribution in [-0.4, -0.2) is 31.4 Å². The molecule has 4 atom stereocenters. The summed E-state index contributed by atoms with van der Waals surface area (Å²) < 4.78 is 73.1. The van der Waals surface area contributed by atoms with Gasteiger partial charge >= 0.3 is 6.18 Å². The van der Waals surface area contributed by atoms with Crippen LogP contribution in [-0.2, 0) is 20.9 Å². The number of hydrogen-bond acceptors (Lipinski definition) is 4. The molecule has 3 fully saturated rings. The van der Waals surface area contributed by atoms with Crippen LogP contribution in [0.1, 0.15) is 37.8 Å². The summed E-state index contributed by atoms with van der Waals surface area (Å²) in [5.41, 5.74) is -3.10. The van der Waals surface area contributed by atoms with Gasteiger partial charge in [-0.1, -0.05) is 0 Å². The predicted octanol–water partition coefficient (Wildman–Crippen LogP) is 3.05. The molecule has 0 aromatic heterocycles. The Balaban J connectivity index is 1.81. The third kappa shape index (κ3) is 2.15. The number of sulfonamides is 1. The molecule has 9 heteroatoms. The van der Waals surface area contributed by atoms with E-state index in [0.29, 0.717) is 6.42 Å². The zero-order chi connectivity index (χ0) is 19.1. The molecule has 0 amide bonds. The number of anilines is 1. The SMILES string of the molecule is C[C@]12CC[C@](C)(O1)[C@H]1CN(c3ccc(C#N)c(C(F)(F)F)c3)S(=O)(=O)[C@H]12. The lowest BCUT2D eigenvalue weighted by atomic mass is 9.75. The van der Waals surface area contributed by atoms with E-state index in [1.807, 2.05) is 6.92 Å². The Morgan fingerprint density at radius 2 is 1.92 bits per heavy atom. The lowest BCUT2D eigenvalue weighted by Gasteiger charge is -2.28. The summed E-state index contributed by atoms with van der Waals surface area (Å²) >= 11 is 0. The zero-order valence-electron chi connectivity index (χ0n) is 14.2. The summed E-state index contributed by atoms with van der Waals surface area (Å²) in [5.74, 6) is -0.295. The molecular weight excluding hydrogens is 369 g/mol. The first-order valence-corrected chi connectivity index (χ1v) is 9.76.